The third-order valence-electron chi connectivity index (χ3n) is 3.42. The number of carbonyl (C=O) groups excluding carboxylic acids is 1. The summed E-state index contributed by atoms with van der Waals surface area (Å²) in [6.07, 6.45) is 2.93. The second kappa shape index (κ2) is 6.75. The maximum atomic E-state index is 11.8. The number of amides is 1. The van der Waals surface area contributed by atoms with E-state index in [2.05, 4.69) is 17.6 Å². The quantitative estimate of drug-likeness (QED) is 0.869. The van der Waals surface area contributed by atoms with E-state index in [0.717, 1.165) is 25.1 Å². The predicted octanol–water partition coefficient (Wildman–Crippen LogP) is 2.80. The molecule has 0 spiro atoms. The first-order valence-electron chi connectivity index (χ1n) is 7.35. The summed E-state index contributed by atoms with van der Waals surface area (Å²) < 4.78 is 5.76. The fraction of sp³-hybridized carbons (Fsp3) is 0.562. The monoisotopic (exact) mass is 276 g/mol. The van der Waals surface area contributed by atoms with Gasteiger partial charge in [-0.15, -0.1) is 0 Å². The van der Waals surface area contributed by atoms with Gasteiger partial charge in [0.2, 0.25) is 0 Å². The second-order valence-electron chi connectivity index (χ2n) is 5.73. The van der Waals surface area contributed by atoms with Gasteiger partial charge in [-0.25, -0.2) is 0 Å². The molecule has 1 aromatic carbocycles. The van der Waals surface area contributed by atoms with Gasteiger partial charge in [0.25, 0.3) is 5.91 Å². The number of hydrogen-bond acceptors (Lipinski definition) is 3. The van der Waals surface area contributed by atoms with Crippen LogP contribution in [0, 0.1) is 0 Å². The van der Waals surface area contributed by atoms with Crippen molar-refractivity contribution in [1.29, 1.82) is 0 Å². The summed E-state index contributed by atoms with van der Waals surface area (Å²) in [7, 11) is 0. The maximum Gasteiger partial charge on any atom is 0.251 e. The zero-order chi connectivity index (χ0) is 14.5. The summed E-state index contributed by atoms with van der Waals surface area (Å²) >= 11 is 0. The Balaban J connectivity index is 1.83. The van der Waals surface area contributed by atoms with Crippen LogP contribution in [0.5, 0.6) is 0 Å². The molecular weight excluding hydrogens is 252 g/mol. The summed E-state index contributed by atoms with van der Waals surface area (Å²) in [5.41, 5.74) is 1.71. The molecule has 110 valence electrons. The van der Waals surface area contributed by atoms with Crippen molar-refractivity contribution in [3.05, 3.63) is 29.8 Å². The highest BCUT2D eigenvalue weighted by molar-refractivity contribution is 5.94. The normalized spacial score (nSPS) is 22.0. The van der Waals surface area contributed by atoms with Crippen LogP contribution in [-0.2, 0) is 4.74 Å². The average Bonchev–Trinajstić information content (AvgIpc) is 2.82. The standard InChI is InChI=1S/C16H24N2O2/c1-11(2)18-16(19)13-5-7-14(8-6-13)17-10-15-9-4-12(3)20-15/h5-8,11-12,15,17H,4,9-10H2,1-3H3,(H,18,19). The smallest absolute Gasteiger partial charge is 0.251 e. The van der Waals surface area contributed by atoms with E-state index in [1.165, 1.54) is 0 Å². The van der Waals surface area contributed by atoms with Gasteiger partial charge in [0.05, 0.1) is 12.2 Å². The molecule has 0 aromatic heterocycles. The number of anilines is 1. The van der Waals surface area contributed by atoms with Crippen LogP contribution in [0.3, 0.4) is 0 Å². The zero-order valence-corrected chi connectivity index (χ0v) is 12.5. The SMILES string of the molecule is CC(C)NC(=O)c1ccc(NCC2CCC(C)O2)cc1. The topological polar surface area (TPSA) is 50.4 Å². The summed E-state index contributed by atoms with van der Waals surface area (Å²) in [6, 6.07) is 7.72. The molecule has 4 heteroatoms. The molecule has 4 nitrogen and oxygen atoms in total. The Morgan fingerprint density at radius 3 is 2.55 bits per heavy atom. The van der Waals surface area contributed by atoms with Crippen molar-refractivity contribution in [3.8, 4) is 0 Å². The summed E-state index contributed by atoms with van der Waals surface area (Å²) in [6.45, 7) is 6.84. The van der Waals surface area contributed by atoms with E-state index in [4.69, 9.17) is 4.74 Å². The minimum atomic E-state index is -0.0282. The molecule has 1 saturated heterocycles. The molecule has 1 aromatic rings. The molecule has 2 unspecified atom stereocenters. The molecule has 1 fully saturated rings. The van der Waals surface area contributed by atoms with Crippen molar-refractivity contribution >= 4 is 11.6 Å². The average molecular weight is 276 g/mol. The largest absolute Gasteiger partial charge is 0.382 e. The highest BCUT2D eigenvalue weighted by Gasteiger charge is 2.21. The van der Waals surface area contributed by atoms with Gasteiger partial charge in [0.1, 0.15) is 0 Å². The highest BCUT2D eigenvalue weighted by Crippen LogP contribution is 2.19. The van der Waals surface area contributed by atoms with Gasteiger partial charge >= 0.3 is 0 Å². The van der Waals surface area contributed by atoms with Crippen LogP contribution in [0.15, 0.2) is 24.3 Å². The van der Waals surface area contributed by atoms with Crippen molar-refractivity contribution in [2.24, 2.45) is 0 Å². The van der Waals surface area contributed by atoms with Crippen LogP contribution in [0.2, 0.25) is 0 Å². The zero-order valence-electron chi connectivity index (χ0n) is 12.5. The molecule has 1 heterocycles. The molecule has 1 aliphatic heterocycles. The summed E-state index contributed by atoms with van der Waals surface area (Å²) in [5.74, 6) is -0.0282. The second-order valence-corrected chi connectivity index (χ2v) is 5.73. The molecule has 0 radical (unpaired) electrons. The molecular formula is C16H24N2O2. The van der Waals surface area contributed by atoms with Crippen molar-refractivity contribution in [2.75, 3.05) is 11.9 Å². The molecule has 2 N–H and O–H groups in total. The minimum absolute atomic E-state index is 0.0282. The van der Waals surface area contributed by atoms with E-state index in [1.807, 2.05) is 38.1 Å². The summed E-state index contributed by atoms with van der Waals surface area (Å²) in [5, 5.41) is 6.24. The van der Waals surface area contributed by atoms with E-state index >= 15 is 0 Å². The van der Waals surface area contributed by atoms with E-state index in [9.17, 15) is 4.79 Å². The maximum absolute atomic E-state index is 11.8. The molecule has 1 amide bonds. The van der Waals surface area contributed by atoms with Crippen LogP contribution >= 0.6 is 0 Å². The van der Waals surface area contributed by atoms with Gasteiger partial charge in [0, 0.05) is 23.8 Å². The number of rotatable bonds is 5. The first-order chi connectivity index (χ1) is 9.54. The lowest BCUT2D eigenvalue weighted by atomic mass is 10.1. The first-order valence-corrected chi connectivity index (χ1v) is 7.35. The Morgan fingerprint density at radius 1 is 1.30 bits per heavy atom. The first kappa shape index (κ1) is 14.9. The third kappa shape index (κ3) is 4.23. The van der Waals surface area contributed by atoms with E-state index in [0.29, 0.717) is 17.8 Å². The molecule has 2 rings (SSSR count). The third-order valence-corrected chi connectivity index (χ3v) is 3.42. The van der Waals surface area contributed by atoms with Gasteiger partial charge in [-0.2, -0.15) is 0 Å². The van der Waals surface area contributed by atoms with Crippen LogP contribution in [0.1, 0.15) is 44.0 Å². The Kier molecular flexibility index (Phi) is 5.01. The predicted molar refractivity (Wildman–Crippen MR) is 81.1 cm³/mol. The Labute approximate surface area is 120 Å². The van der Waals surface area contributed by atoms with Crippen molar-refractivity contribution in [3.63, 3.8) is 0 Å². The van der Waals surface area contributed by atoms with Gasteiger partial charge in [-0.05, 0) is 57.9 Å². The number of ether oxygens (including phenoxy) is 1. The molecule has 0 aliphatic carbocycles. The fourth-order valence-corrected chi connectivity index (χ4v) is 2.35. The Morgan fingerprint density at radius 2 is 2.00 bits per heavy atom. The lowest BCUT2D eigenvalue weighted by Gasteiger charge is -2.13. The van der Waals surface area contributed by atoms with E-state index < -0.39 is 0 Å². The molecule has 0 saturated carbocycles. The molecule has 20 heavy (non-hydrogen) atoms. The Hall–Kier alpha value is -1.55. The van der Waals surface area contributed by atoms with Crippen LogP contribution in [0.25, 0.3) is 0 Å². The number of carbonyl (C=O) groups is 1. The van der Waals surface area contributed by atoms with Gasteiger partial charge in [-0.3, -0.25) is 4.79 Å². The molecule has 1 aliphatic rings. The minimum Gasteiger partial charge on any atom is -0.382 e. The van der Waals surface area contributed by atoms with Gasteiger partial charge < -0.3 is 15.4 Å². The van der Waals surface area contributed by atoms with Gasteiger partial charge in [0.15, 0.2) is 0 Å². The lowest BCUT2D eigenvalue weighted by Crippen LogP contribution is -2.30. The van der Waals surface area contributed by atoms with Crippen LogP contribution < -0.4 is 10.6 Å². The van der Waals surface area contributed by atoms with Crippen molar-refractivity contribution in [1.82, 2.24) is 5.32 Å². The van der Waals surface area contributed by atoms with E-state index in [-0.39, 0.29) is 11.9 Å². The highest BCUT2D eigenvalue weighted by atomic mass is 16.5. The van der Waals surface area contributed by atoms with Gasteiger partial charge in [-0.1, -0.05) is 0 Å². The molecule has 2 atom stereocenters. The van der Waals surface area contributed by atoms with Crippen molar-refractivity contribution in [2.45, 2.75) is 51.9 Å². The Bertz CT molecular complexity index is 442. The summed E-state index contributed by atoms with van der Waals surface area (Å²) in [4.78, 5) is 11.8. The lowest BCUT2D eigenvalue weighted by molar-refractivity contribution is 0.0637. The van der Waals surface area contributed by atoms with Crippen molar-refractivity contribution < 1.29 is 9.53 Å². The van der Waals surface area contributed by atoms with Crippen LogP contribution in [-0.4, -0.2) is 30.7 Å². The number of hydrogen-bond donors (Lipinski definition) is 2. The number of benzene rings is 1. The molecule has 0 bridgehead atoms. The van der Waals surface area contributed by atoms with Crippen LogP contribution in [0.4, 0.5) is 5.69 Å². The van der Waals surface area contributed by atoms with E-state index in [1.54, 1.807) is 0 Å². The fourth-order valence-electron chi connectivity index (χ4n) is 2.35. The number of nitrogens with one attached hydrogen (secondary N) is 2.